The predicted octanol–water partition coefficient (Wildman–Crippen LogP) is 6.53. The van der Waals surface area contributed by atoms with Crippen LogP contribution in [0.25, 0.3) is 0 Å². The van der Waals surface area contributed by atoms with Gasteiger partial charge in [0.05, 0.1) is 47.1 Å². The second kappa shape index (κ2) is 15.4. The van der Waals surface area contributed by atoms with Crippen LogP contribution in [0.4, 0.5) is 5.69 Å². The monoisotopic (exact) mass is 766 g/mol. The molecule has 0 unspecified atom stereocenters. The number of amides is 1. The van der Waals surface area contributed by atoms with Gasteiger partial charge in [-0.2, -0.15) is 4.36 Å². The van der Waals surface area contributed by atoms with Crippen molar-refractivity contribution in [3.05, 3.63) is 69.9 Å². The first-order valence-corrected chi connectivity index (χ1v) is 20.9. The molecule has 13 heteroatoms. The number of rotatable bonds is 6. The number of nitrogens with zero attached hydrogens (tertiary/aromatic N) is 4. The molecule has 1 aromatic heterocycles. The van der Waals surface area contributed by atoms with Crippen molar-refractivity contribution >= 4 is 38.7 Å². The molecule has 2 aliphatic heterocycles. The van der Waals surface area contributed by atoms with Gasteiger partial charge in [-0.25, -0.2) is 4.21 Å². The average molecular weight is 767 g/mol. The SMILES string of the molecule is COc1nn(C)cc1C(=O)C[S@@]1(=O)=NC(=O)c2ccc3c(c2)N(C[C@@H]2CC[C@H]2[C@@H](OC)CC[C@H](OC)[C@H](C)C1)C[C@@]1(CCCc2cc(Cl)ccc21)CO3. The number of fused-ring (bicyclic) bond motifs is 4. The average Bonchev–Trinajstić information content (AvgIpc) is 3.44. The van der Waals surface area contributed by atoms with Crippen molar-refractivity contribution in [2.24, 2.45) is 29.2 Å². The first-order chi connectivity index (χ1) is 25.4. The third kappa shape index (κ3) is 7.61. The quantitative estimate of drug-likeness (QED) is 0.258. The lowest BCUT2D eigenvalue weighted by Gasteiger charge is -2.46. The summed E-state index contributed by atoms with van der Waals surface area (Å²) in [4.78, 5) is 30.3. The minimum Gasteiger partial charge on any atom is -0.490 e. The fraction of sp³-hybridized carbons (Fsp3) is 0.575. The maximum Gasteiger partial charge on any atom is 0.285 e. The van der Waals surface area contributed by atoms with Gasteiger partial charge in [-0.3, -0.25) is 14.3 Å². The molecule has 2 aliphatic carbocycles. The number of Topliss-reactive ketones (excluding diaryl/α,β-unsaturated/α-hetero) is 1. The van der Waals surface area contributed by atoms with E-state index in [1.54, 1.807) is 27.3 Å². The molecule has 7 rings (SSSR count). The topological polar surface area (TPSA) is 122 Å². The van der Waals surface area contributed by atoms with Crippen LogP contribution >= 0.6 is 11.6 Å². The van der Waals surface area contributed by atoms with Crippen LogP contribution in [0.5, 0.6) is 11.6 Å². The van der Waals surface area contributed by atoms with Crippen molar-refractivity contribution < 1.29 is 32.7 Å². The first kappa shape index (κ1) is 37.8. The molecule has 0 saturated heterocycles. The normalized spacial score (nSPS) is 30.3. The summed E-state index contributed by atoms with van der Waals surface area (Å²) in [5.41, 5.74) is 3.58. The Morgan fingerprint density at radius 1 is 1.08 bits per heavy atom. The number of aryl methyl sites for hydroxylation is 2. The Bertz CT molecular complexity index is 1990. The number of hydrogen-bond acceptors (Lipinski definition) is 9. The fourth-order valence-electron chi connectivity index (χ4n) is 9.25. The molecule has 1 saturated carbocycles. The van der Waals surface area contributed by atoms with Gasteiger partial charge in [0.1, 0.15) is 11.3 Å². The molecule has 3 aromatic rings. The van der Waals surface area contributed by atoms with Gasteiger partial charge in [0.25, 0.3) is 5.91 Å². The number of benzene rings is 2. The van der Waals surface area contributed by atoms with Crippen LogP contribution in [-0.2, 0) is 38.1 Å². The van der Waals surface area contributed by atoms with Crippen molar-refractivity contribution in [2.45, 2.75) is 69.5 Å². The van der Waals surface area contributed by atoms with Crippen LogP contribution in [0.3, 0.4) is 0 Å². The summed E-state index contributed by atoms with van der Waals surface area (Å²) < 4.78 is 45.0. The summed E-state index contributed by atoms with van der Waals surface area (Å²) in [6, 6.07) is 11.6. The van der Waals surface area contributed by atoms with E-state index >= 15 is 0 Å². The number of methoxy groups -OCH3 is 3. The van der Waals surface area contributed by atoms with E-state index in [2.05, 4.69) is 26.5 Å². The molecule has 11 nitrogen and oxygen atoms in total. The minimum absolute atomic E-state index is 0.00138. The van der Waals surface area contributed by atoms with Crippen molar-refractivity contribution in [3.8, 4) is 11.6 Å². The molecule has 4 aliphatic rings. The van der Waals surface area contributed by atoms with Crippen LogP contribution in [0.15, 0.2) is 47.0 Å². The predicted molar refractivity (Wildman–Crippen MR) is 205 cm³/mol. The summed E-state index contributed by atoms with van der Waals surface area (Å²) >= 11 is 6.47. The Hall–Kier alpha value is -3.45. The van der Waals surface area contributed by atoms with Gasteiger partial charge in [-0.15, -0.1) is 5.10 Å². The molecule has 2 bridgehead atoms. The number of aromatic nitrogens is 2. The summed E-state index contributed by atoms with van der Waals surface area (Å²) in [5.74, 6) is -0.224. The van der Waals surface area contributed by atoms with E-state index in [9.17, 15) is 13.8 Å². The number of hydrogen-bond donors (Lipinski definition) is 0. The zero-order valence-corrected chi connectivity index (χ0v) is 32.9. The Balaban J connectivity index is 1.31. The molecule has 53 heavy (non-hydrogen) atoms. The Morgan fingerprint density at radius 3 is 2.60 bits per heavy atom. The highest BCUT2D eigenvalue weighted by atomic mass is 35.5. The van der Waals surface area contributed by atoms with Gasteiger partial charge in [0.2, 0.25) is 5.88 Å². The fourth-order valence-corrected chi connectivity index (χ4v) is 11.7. The number of anilines is 1. The molecule has 286 valence electrons. The summed E-state index contributed by atoms with van der Waals surface area (Å²) in [7, 11) is 3.12. The lowest BCUT2D eigenvalue weighted by Crippen LogP contribution is -2.50. The van der Waals surface area contributed by atoms with E-state index in [1.807, 2.05) is 25.1 Å². The van der Waals surface area contributed by atoms with E-state index in [-0.39, 0.29) is 40.7 Å². The number of carbonyl (C=O) groups is 2. The van der Waals surface area contributed by atoms with E-state index in [1.165, 1.54) is 29.1 Å². The van der Waals surface area contributed by atoms with Gasteiger partial charge >= 0.3 is 0 Å². The van der Waals surface area contributed by atoms with Crippen molar-refractivity contribution in [1.82, 2.24) is 9.78 Å². The molecule has 1 spiro atoms. The molecule has 2 aromatic carbocycles. The molecule has 0 N–H and O–H groups in total. The highest BCUT2D eigenvalue weighted by molar-refractivity contribution is 7.94. The lowest BCUT2D eigenvalue weighted by atomic mass is 9.68. The summed E-state index contributed by atoms with van der Waals surface area (Å²) in [6.45, 7) is 3.95. The molecule has 3 heterocycles. The summed E-state index contributed by atoms with van der Waals surface area (Å²) in [5, 5.41) is 4.94. The standard InChI is InChI=1S/C40H51ClN4O7S/c1-25-21-53(48,22-34(46)31-20-44(2)42-39(31)51-5)43-38(47)27-9-13-37-33(18-27)45(19-28-8-11-30(28)36(50-4)15-14-35(25)49-3)23-40(24-52-37)16-6-7-26-17-29(41)10-12-32(26)40/h9-10,12-13,17-18,20,25,28,30,35-36H,6-8,11,14-16,19,21-24H2,1-5H3/t25-,28+,30-,35+,36+,40+,53-/m1/s1. The van der Waals surface area contributed by atoms with Gasteiger partial charge in [0.15, 0.2) is 5.78 Å². The number of halogens is 1. The molecular formula is C40H51ClN4O7S. The number of ketones is 1. The molecule has 1 fully saturated rings. The van der Waals surface area contributed by atoms with Crippen LogP contribution in [0.2, 0.25) is 5.02 Å². The van der Waals surface area contributed by atoms with Crippen LogP contribution in [0.1, 0.15) is 77.3 Å². The van der Waals surface area contributed by atoms with Gasteiger partial charge in [-0.05, 0) is 104 Å². The van der Waals surface area contributed by atoms with Crippen molar-refractivity contribution in [2.75, 3.05) is 57.4 Å². The highest BCUT2D eigenvalue weighted by Crippen LogP contribution is 2.47. The summed E-state index contributed by atoms with van der Waals surface area (Å²) in [6.07, 6.45) is 7.87. The molecule has 1 amide bonds. The Labute approximate surface area is 317 Å². The van der Waals surface area contributed by atoms with E-state index < -0.39 is 27.2 Å². The second-order valence-corrected chi connectivity index (χ2v) is 18.3. The van der Waals surface area contributed by atoms with E-state index in [4.69, 9.17) is 30.5 Å². The lowest BCUT2D eigenvalue weighted by molar-refractivity contribution is -0.0341. The van der Waals surface area contributed by atoms with Gasteiger partial charge < -0.3 is 23.8 Å². The smallest absolute Gasteiger partial charge is 0.285 e. The Morgan fingerprint density at radius 2 is 1.87 bits per heavy atom. The molecular weight excluding hydrogens is 716 g/mol. The van der Waals surface area contributed by atoms with Crippen molar-refractivity contribution in [1.29, 1.82) is 0 Å². The number of carbonyl (C=O) groups excluding carboxylic acids is 2. The van der Waals surface area contributed by atoms with Gasteiger partial charge in [-0.1, -0.05) is 24.6 Å². The Kier molecular flexibility index (Phi) is 11.0. The van der Waals surface area contributed by atoms with E-state index in [0.29, 0.717) is 42.7 Å². The van der Waals surface area contributed by atoms with Crippen molar-refractivity contribution in [3.63, 3.8) is 0 Å². The largest absolute Gasteiger partial charge is 0.490 e. The maximum atomic E-state index is 14.9. The van der Waals surface area contributed by atoms with Gasteiger partial charge in [0, 0.05) is 62.3 Å². The zero-order chi connectivity index (χ0) is 37.5. The maximum absolute atomic E-state index is 14.9. The van der Waals surface area contributed by atoms with Crippen LogP contribution < -0.4 is 14.4 Å². The molecule has 0 radical (unpaired) electrons. The van der Waals surface area contributed by atoms with E-state index in [0.717, 1.165) is 55.8 Å². The minimum atomic E-state index is -3.43. The highest BCUT2D eigenvalue weighted by Gasteiger charge is 2.45. The third-order valence-corrected chi connectivity index (χ3v) is 14.6. The second-order valence-electron chi connectivity index (χ2n) is 15.5. The van der Waals surface area contributed by atoms with Crippen LogP contribution in [0, 0.1) is 17.8 Å². The number of ether oxygens (including phenoxy) is 4. The van der Waals surface area contributed by atoms with Crippen LogP contribution in [-0.4, -0.2) is 90.4 Å². The molecule has 7 atom stereocenters. The first-order valence-electron chi connectivity index (χ1n) is 18.7. The third-order valence-electron chi connectivity index (χ3n) is 12.1. The zero-order valence-electron chi connectivity index (χ0n) is 31.3.